The molecule has 0 aliphatic heterocycles. The number of anilines is 1. The number of aromatic nitrogens is 1. The van der Waals surface area contributed by atoms with Crippen molar-refractivity contribution in [2.75, 3.05) is 11.9 Å². The number of hydrogen-bond donors (Lipinski definition) is 2. The Bertz CT molecular complexity index is 566. The highest BCUT2D eigenvalue weighted by Crippen LogP contribution is 2.21. The minimum absolute atomic E-state index is 0.201. The molecule has 0 unspecified atom stereocenters. The van der Waals surface area contributed by atoms with E-state index >= 15 is 0 Å². The first kappa shape index (κ1) is 13.1. The fourth-order valence-corrected chi connectivity index (χ4v) is 1.53. The maximum atomic E-state index is 12.0. The van der Waals surface area contributed by atoms with Crippen molar-refractivity contribution in [1.82, 2.24) is 4.98 Å². The van der Waals surface area contributed by atoms with Crippen molar-refractivity contribution in [3.05, 3.63) is 42.0 Å². The molecule has 0 spiro atoms. The van der Waals surface area contributed by atoms with Crippen LogP contribution in [0.1, 0.15) is 23.2 Å². The Morgan fingerprint density at radius 1 is 1.47 bits per heavy atom. The normalized spacial score (nSPS) is 10.2. The summed E-state index contributed by atoms with van der Waals surface area (Å²) in [6.07, 6.45) is 1.60. The second-order valence-electron chi connectivity index (χ2n) is 3.71. The van der Waals surface area contributed by atoms with Crippen molar-refractivity contribution in [3.63, 3.8) is 0 Å². The van der Waals surface area contributed by atoms with Gasteiger partial charge in [0.15, 0.2) is 5.76 Å². The SMILES string of the molecule is CCOc1ncccc1NC(=O)c1ccc(CN)o1. The summed E-state index contributed by atoms with van der Waals surface area (Å²) in [6, 6.07) is 6.67. The molecule has 0 bridgehead atoms. The summed E-state index contributed by atoms with van der Waals surface area (Å²) in [5.41, 5.74) is 5.92. The largest absolute Gasteiger partial charge is 0.476 e. The zero-order valence-electron chi connectivity index (χ0n) is 10.6. The molecule has 0 saturated carbocycles. The van der Waals surface area contributed by atoms with Gasteiger partial charge in [0.25, 0.3) is 5.91 Å². The minimum Gasteiger partial charge on any atom is -0.476 e. The maximum Gasteiger partial charge on any atom is 0.291 e. The Labute approximate surface area is 110 Å². The fraction of sp³-hybridized carbons (Fsp3) is 0.231. The fourth-order valence-electron chi connectivity index (χ4n) is 1.53. The highest BCUT2D eigenvalue weighted by atomic mass is 16.5. The standard InChI is InChI=1S/C13H15N3O3/c1-2-18-13-10(4-3-7-15-13)16-12(17)11-6-5-9(8-14)19-11/h3-7H,2,8,14H2,1H3,(H,16,17). The molecule has 6 heteroatoms. The van der Waals surface area contributed by atoms with Gasteiger partial charge in [-0.05, 0) is 31.2 Å². The number of nitrogens with zero attached hydrogens (tertiary/aromatic N) is 1. The van der Waals surface area contributed by atoms with E-state index in [0.29, 0.717) is 23.9 Å². The summed E-state index contributed by atoms with van der Waals surface area (Å²) < 4.78 is 10.6. The number of nitrogens with two attached hydrogens (primary N) is 1. The molecule has 0 atom stereocenters. The maximum absolute atomic E-state index is 12.0. The summed E-state index contributed by atoms with van der Waals surface area (Å²) in [5, 5.41) is 2.69. The number of ether oxygens (including phenoxy) is 1. The van der Waals surface area contributed by atoms with Crippen LogP contribution in [0.2, 0.25) is 0 Å². The van der Waals surface area contributed by atoms with Crippen LogP contribution in [-0.2, 0) is 6.54 Å². The Hall–Kier alpha value is -2.34. The molecule has 2 heterocycles. The predicted octanol–water partition coefficient (Wildman–Crippen LogP) is 1.78. The molecular formula is C13H15N3O3. The van der Waals surface area contributed by atoms with Gasteiger partial charge in [-0.3, -0.25) is 4.79 Å². The lowest BCUT2D eigenvalue weighted by molar-refractivity contribution is 0.0994. The van der Waals surface area contributed by atoms with Gasteiger partial charge in [-0.15, -0.1) is 0 Å². The van der Waals surface area contributed by atoms with E-state index < -0.39 is 0 Å². The lowest BCUT2D eigenvalue weighted by Crippen LogP contribution is -2.12. The van der Waals surface area contributed by atoms with Crippen molar-refractivity contribution >= 4 is 11.6 Å². The molecule has 0 fully saturated rings. The molecule has 2 rings (SSSR count). The Balaban J connectivity index is 2.14. The first-order valence-corrected chi connectivity index (χ1v) is 5.92. The van der Waals surface area contributed by atoms with E-state index in [1.54, 1.807) is 30.5 Å². The van der Waals surface area contributed by atoms with Gasteiger partial charge in [0.2, 0.25) is 5.88 Å². The van der Waals surface area contributed by atoms with Crippen molar-refractivity contribution in [3.8, 4) is 5.88 Å². The molecule has 0 aliphatic carbocycles. The average molecular weight is 261 g/mol. The number of pyridine rings is 1. The van der Waals surface area contributed by atoms with Crippen LogP contribution in [0.3, 0.4) is 0 Å². The van der Waals surface area contributed by atoms with E-state index in [-0.39, 0.29) is 18.2 Å². The molecule has 2 aromatic rings. The number of furan rings is 1. The van der Waals surface area contributed by atoms with E-state index in [4.69, 9.17) is 14.9 Å². The Morgan fingerprint density at radius 2 is 2.32 bits per heavy atom. The van der Waals surface area contributed by atoms with Crippen LogP contribution < -0.4 is 15.8 Å². The highest BCUT2D eigenvalue weighted by Gasteiger charge is 2.13. The molecule has 100 valence electrons. The number of hydrogen-bond acceptors (Lipinski definition) is 5. The minimum atomic E-state index is -0.367. The van der Waals surface area contributed by atoms with Crippen molar-refractivity contribution in [1.29, 1.82) is 0 Å². The van der Waals surface area contributed by atoms with Gasteiger partial charge in [-0.2, -0.15) is 0 Å². The first-order chi connectivity index (χ1) is 9.24. The predicted molar refractivity (Wildman–Crippen MR) is 70.0 cm³/mol. The first-order valence-electron chi connectivity index (χ1n) is 5.92. The molecular weight excluding hydrogens is 246 g/mol. The van der Waals surface area contributed by atoms with Gasteiger partial charge in [0, 0.05) is 6.20 Å². The number of rotatable bonds is 5. The van der Waals surface area contributed by atoms with Crippen molar-refractivity contribution in [2.45, 2.75) is 13.5 Å². The van der Waals surface area contributed by atoms with Gasteiger partial charge in [-0.25, -0.2) is 4.98 Å². The van der Waals surface area contributed by atoms with Crippen molar-refractivity contribution in [2.24, 2.45) is 5.73 Å². The molecule has 19 heavy (non-hydrogen) atoms. The number of carbonyl (C=O) groups excluding carboxylic acids is 1. The molecule has 0 aromatic carbocycles. The molecule has 1 amide bonds. The van der Waals surface area contributed by atoms with Crippen LogP contribution in [0.15, 0.2) is 34.9 Å². The summed E-state index contributed by atoms with van der Waals surface area (Å²) in [6.45, 7) is 2.57. The van der Waals surface area contributed by atoms with E-state index in [9.17, 15) is 4.79 Å². The molecule has 0 aliphatic rings. The second kappa shape index (κ2) is 6.01. The third kappa shape index (κ3) is 3.11. The van der Waals surface area contributed by atoms with Crippen LogP contribution in [0.4, 0.5) is 5.69 Å². The number of carbonyl (C=O) groups is 1. The van der Waals surface area contributed by atoms with Gasteiger partial charge in [-0.1, -0.05) is 0 Å². The van der Waals surface area contributed by atoms with Crippen LogP contribution in [0, 0.1) is 0 Å². The lowest BCUT2D eigenvalue weighted by atomic mass is 10.3. The topological polar surface area (TPSA) is 90.4 Å². The number of nitrogens with one attached hydrogen (secondary N) is 1. The third-order valence-electron chi connectivity index (χ3n) is 2.39. The van der Waals surface area contributed by atoms with Crippen LogP contribution in [-0.4, -0.2) is 17.5 Å². The highest BCUT2D eigenvalue weighted by molar-refractivity contribution is 6.02. The smallest absolute Gasteiger partial charge is 0.291 e. The van der Waals surface area contributed by atoms with E-state index in [1.807, 2.05) is 6.92 Å². The molecule has 3 N–H and O–H groups in total. The van der Waals surface area contributed by atoms with Crippen LogP contribution >= 0.6 is 0 Å². The lowest BCUT2D eigenvalue weighted by Gasteiger charge is -2.08. The zero-order chi connectivity index (χ0) is 13.7. The van der Waals surface area contributed by atoms with E-state index in [1.165, 1.54) is 0 Å². The van der Waals surface area contributed by atoms with E-state index in [0.717, 1.165) is 0 Å². The molecule has 6 nitrogen and oxygen atoms in total. The quantitative estimate of drug-likeness (QED) is 0.856. The molecule has 0 saturated heterocycles. The van der Waals surface area contributed by atoms with Crippen molar-refractivity contribution < 1.29 is 13.9 Å². The second-order valence-corrected chi connectivity index (χ2v) is 3.71. The Morgan fingerprint density at radius 3 is 3.00 bits per heavy atom. The number of amides is 1. The zero-order valence-corrected chi connectivity index (χ0v) is 10.6. The van der Waals surface area contributed by atoms with Gasteiger partial charge in [0.05, 0.1) is 13.2 Å². The Kier molecular flexibility index (Phi) is 4.15. The van der Waals surface area contributed by atoms with Gasteiger partial charge in [0.1, 0.15) is 11.4 Å². The summed E-state index contributed by atoms with van der Waals surface area (Å²) >= 11 is 0. The van der Waals surface area contributed by atoms with Gasteiger partial charge >= 0.3 is 0 Å². The third-order valence-corrected chi connectivity index (χ3v) is 2.39. The van der Waals surface area contributed by atoms with Gasteiger partial charge < -0.3 is 20.2 Å². The van der Waals surface area contributed by atoms with E-state index in [2.05, 4.69) is 10.3 Å². The molecule has 0 radical (unpaired) electrons. The summed E-state index contributed by atoms with van der Waals surface area (Å²) in [4.78, 5) is 16.0. The average Bonchev–Trinajstić information content (AvgIpc) is 2.90. The summed E-state index contributed by atoms with van der Waals surface area (Å²) in [7, 11) is 0. The monoisotopic (exact) mass is 261 g/mol. The summed E-state index contributed by atoms with van der Waals surface area (Å²) in [5.74, 6) is 0.769. The molecule has 2 aromatic heterocycles. The van der Waals surface area contributed by atoms with Crippen LogP contribution in [0.5, 0.6) is 5.88 Å². The van der Waals surface area contributed by atoms with Crippen LogP contribution in [0.25, 0.3) is 0 Å².